The Balaban J connectivity index is 2.51. The van der Waals surface area contributed by atoms with E-state index in [9.17, 15) is 10.0 Å². The summed E-state index contributed by atoms with van der Waals surface area (Å²) in [5.74, 6) is 1.04. The maximum Gasteiger partial charge on any atom is 0.496 e. The molecule has 0 radical (unpaired) electrons. The van der Waals surface area contributed by atoms with Gasteiger partial charge in [-0.2, -0.15) is 0 Å². The van der Waals surface area contributed by atoms with E-state index in [-0.39, 0.29) is 5.60 Å². The summed E-state index contributed by atoms with van der Waals surface area (Å²) in [6, 6.07) is 3.71. The van der Waals surface area contributed by atoms with Gasteiger partial charge < -0.3 is 19.5 Å². The van der Waals surface area contributed by atoms with E-state index in [1.165, 1.54) is 0 Å². The fourth-order valence-corrected chi connectivity index (χ4v) is 2.23. The van der Waals surface area contributed by atoms with Crippen LogP contribution < -0.4 is 14.9 Å². The third kappa shape index (κ3) is 2.47. The lowest BCUT2D eigenvalue weighted by Gasteiger charge is -2.34. The zero-order valence-electron chi connectivity index (χ0n) is 11.1. The van der Waals surface area contributed by atoms with Gasteiger partial charge in [0.1, 0.15) is 17.1 Å². The lowest BCUT2D eigenvalue weighted by molar-refractivity contribution is 0.0854. The van der Waals surface area contributed by atoms with Gasteiger partial charge in [0.2, 0.25) is 0 Å². The highest BCUT2D eigenvalue weighted by molar-refractivity contribution is 6.61. The topological polar surface area (TPSA) is 58.9 Å². The number of fused-ring (bicyclic) bond motifs is 1. The molecule has 0 saturated heterocycles. The minimum absolute atomic E-state index is 0.290. The minimum atomic E-state index is -1.59. The van der Waals surface area contributed by atoms with E-state index in [0.717, 1.165) is 18.4 Å². The second kappa shape index (κ2) is 4.82. The van der Waals surface area contributed by atoms with Gasteiger partial charge in [0.15, 0.2) is 0 Å². The molecule has 5 heteroatoms. The van der Waals surface area contributed by atoms with Crippen LogP contribution in [-0.4, -0.2) is 29.4 Å². The van der Waals surface area contributed by atoms with Gasteiger partial charge in [0, 0.05) is 0 Å². The highest BCUT2D eigenvalue weighted by Gasteiger charge is 2.33. The van der Waals surface area contributed by atoms with Gasteiger partial charge in [-0.05, 0) is 45.2 Å². The average molecular weight is 250 g/mol. The summed E-state index contributed by atoms with van der Waals surface area (Å²) >= 11 is 0. The van der Waals surface area contributed by atoms with E-state index in [0.29, 0.717) is 23.6 Å². The molecule has 1 aliphatic rings. The van der Waals surface area contributed by atoms with Crippen molar-refractivity contribution in [2.24, 2.45) is 0 Å². The Morgan fingerprint density at radius 1 is 1.39 bits per heavy atom. The summed E-state index contributed by atoms with van der Waals surface area (Å²) in [4.78, 5) is 0. The Kier molecular flexibility index (Phi) is 3.55. The van der Waals surface area contributed by atoms with Gasteiger partial charge in [0.05, 0.1) is 12.1 Å². The summed E-state index contributed by atoms with van der Waals surface area (Å²) in [6.45, 7) is 6.33. The van der Waals surface area contributed by atoms with Crippen LogP contribution in [0, 0.1) is 0 Å². The minimum Gasteiger partial charge on any atom is -0.494 e. The number of hydrogen-bond acceptors (Lipinski definition) is 4. The molecule has 2 N–H and O–H groups in total. The first-order valence-corrected chi connectivity index (χ1v) is 6.28. The highest BCUT2D eigenvalue weighted by Crippen LogP contribution is 2.34. The molecule has 0 spiro atoms. The normalized spacial score (nSPS) is 16.7. The zero-order chi connectivity index (χ0) is 13.3. The van der Waals surface area contributed by atoms with E-state index < -0.39 is 7.12 Å². The lowest BCUT2D eigenvalue weighted by atomic mass is 9.76. The van der Waals surface area contributed by atoms with Crippen molar-refractivity contribution in [3.63, 3.8) is 0 Å². The molecule has 1 heterocycles. The van der Waals surface area contributed by atoms with Crippen LogP contribution in [0.2, 0.25) is 0 Å². The number of hydrogen-bond donors (Lipinski definition) is 2. The summed E-state index contributed by atoms with van der Waals surface area (Å²) < 4.78 is 11.3. The van der Waals surface area contributed by atoms with Gasteiger partial charge in [-0.3, -0.25) is 0 Å². The van der Waals surface area contributed by atoms with Crippen LogP contribution in [0.5, 0.6) is 11.5 Å². The van der Waals surface area contributed by atoms with Gasteiger partial charge >= 0.3 is 7.12 Å². The van der Waals surface area contributed by atoms with Gasteiger partial charge in [-0.15, -0.1) is 0 Å². The molecule has 98 valence electrons. The van der Waals surface area contributed by atoms with E-state index in [2.05, 4.69) is 0 Å². The molecule has 1 aliphatic heterocycles. The molecule has 0 aromatic heterocycles. The molecule has 0 aliphatic carbocycles. The molecule has 2 rings (SSSR count). The molecule has 18 heavy (non-hydrogen) atoms. The van der Waals surface area contributed by atoms with Crippen molar-refractivity contribution in [2.45, 2.75) is 39.2 Å². The number of benzene rings is 1. The van der Waals surface area contributed by atoms with Gasteiger partial charge in [0.25, 0.3) is 0 Å². The fraction of sp³-hybridized carbons (Fsp3) is 0.538. The van der Waals surface area contributed by atoms with E-state index >= 15 is 0 Å². The predicted molar refractivity (Wildman–Crippen MR) is 70.5 cm³/mol. The van der Waals surface area contributed by atoms with Gasteiger partial charge in [-0.1, -0.05) is 6.07 Å². The highest BCUT2D eigenvalue weighted by atomic mass is 16.5. The van der Waals surface area contributed by atoms with Crippen LogP contribution in [0.1, 0.15) is 32.8 Å². The molecule has 0 atom stereocenters. The largest absolute Gasteiger partial charge is 0.496 e. The van der Waals surface area contributed by atoms with Crippen molar-refractivity contribution < 1.29 is 19.5 Å². The second-order valence-electron chi connectivity index (χ2n) is 5.13. The molecule has 0 amide bonds. The standard InChI is InChI=1S/C13H19BO4/c1-4-17-10-6-5-9-7-8-13(2,3)18-12(9)11(10)14(15)16/h5-6,15-16H,4,7-8H2,1-3H3. The Morgan fingerprint density at radius 2 is 2.11 bits per heavy atom. The molecular formula is C13H19BO4. The van der Waals surface area contributed by atoms with E-state index in [1.54, 1.807) is 6.07 Å². The van der Waals surface area contributed by atoms with Crippen LogP contribution >= 0.6 is 0 Å². The van der Waals surface area contributed by atoms with Crippen LogP contribution in [0.15, 0.2) is 12.1 Å². The Hall–Kier alpha value is -1.20. The maximum atomic E-state index is 9.55. The van der Waals surface area contributed by atoms with Crippen LogP contribution in [0.3, 0.4) is 0 Å². The predicted octanol–water partition coefficient (Wildman–Crippen LogP) is 0.869. The molecule has 1 aromatic carbocycles. The average Bonchev–Trinajstić information content (AvgIpc) is 2.27. The second-order valence-corrected chi connectivity index (χ2v) is 5.13. The Bertz CT molecular complexity index is 443. The van der Waals surface area contributed by atoms with Crippen molar-refractivity contribution in [3.05, 3.63) is 17.7 Å². The monoisotopic (exact) mass is 250 g/mol. The van der Waals surface area contributed by atoms with Crippen LogP contribution in [0.25, 0.3) is 0 Å². The smallest absolute Gasteiger partial charge is 0.494 e. The molecule has 1 aromatic rings. The number of aryl methyl sites for hydroxylation is 1. The number of rotatable bonds is 3. The molecule has 4 nitrogen and oxygen atoms in total. The Labute approximate surface area is 108 Å². The first kappa shape index (κ1) is 13.2. The summed E-state index contributed by atoms with van der Waals surface area (Å²) in [5.41, 5.74) is 1.05. The molecule has 0 fully saturated rings. The van der Waals surface area contributed by atoms with Crippen molar-refractivity contribution in [1.82, 2.24) is 0 Å². The van der Waals surface area contributed by atoms with Crippen molar-refractivity contribution in [3.8, 4) is 11.5 Å². The third-order valence-corrected chi connectivity index (χ3v) is 3.17. The first-order valence-electron chi connectivity index (χ1n) is 6.28. The van der Waals surface area contributed by atoms with E-state index in [1.807, 2.05) is 26.8 Å². The van der Waals surface area contributed by atoms with E-state index in [4.69, 9.17) is 9.47 Å². The maximum absolute atomic E-state index is 9.55. The molecule has 0 unspecified atom stereocenters. The molecule has 0 saturated carbocycles. The molecule has 0 bridgehead atoms. The summed E-state index contributed by atoms with van der Waals surface area (Å²) in [5, 5.41) is 19.1. The summed E-state index contributed by atoms with van der Waals surface area (Å²) in [6.07, 6.45) is 1.78. The van der Waals surface area contributed by atoms with Gasteiger partial charge in [-0.25, -0.2) is 0 Å². The first-order chi connectivity index (χ1) is 8.44. The quantitative estimate of drug-likeness (QED) is 0.781. The summed E-state index contributed by atoms with van der Waals surface area (Å²) in [7, 11) is -1.59. The lowest BCUT2D eigenvalue weighted by Crippen LogP contribution is -2.40. The van der Waals surface area contributed by atoms with Crippen molar-refractivity contribution in [2.75, 3.05) is 6.61 Å². The number of ether oxygens (including phenoxy) is 2. The fourth-order valence-electron chi connectivity index (χ4n) is 2.23. The van der Waals surface area contributed by atoms with Crippen molar-refractivity contribution in [1.29, 1.82) is 0 Å². The van der Waals surface area contributed by atoms with Crippen LogP contribution in [0.4, 0.5) is 0 Å². The molecular weight excluding hydrogens is 231 g/mol. The third-order valence-electron chi connectivity index (χ3n) is 3.17. The van der Waals surface area contributed by atoms with Crippen LogP contribution in [-0.2, 0) is 6.42 Å². The van der Waals surface area contributed by atoms with Crippen molar-refractivity contribution >= 4 is 12.6 Å². The Morgan fingerprint density at radius 3 is 2.72 bits per heavy atom. The SMILES string of the molecule is CCOc1ccc2c(c1B(O)O)OC(C)(C)CC2. The zero-order valence-corrected chi connectivity index (χ0v) is 11.1.